The standard InChI is InChI=1S/C22H36N4O3.HI/c1-5-13-29-20-9-8-19-17-26(12-10-18(19)15-20)22(23-11-7-14-28-6-2)24-16-21(27)25(3)4;/h8-9,15H,5-7,10-14,16-17H2,1-4H3,(H,23,24);1H. The average molecular weight is 532 g/mol. The van der Waals surface area contributed by atoms with E-state index in [4.69, 9.17) is 9.47 Å². The highest BCUT2D eigenvalue weighted by molar-refractivity contribution is 14.0. The van der Waals surface area contributed by atoms with Gasteiger partial charge in [-0.15, -0.1) is 24.0 Å². The molecule has 170 valence electrons. The summed E-state index contributed by atoms with van der Waals surface area (Å²) in [6.07, 6.45) is 2.84. The monoisotopic (exact) mass is 532 g/mol. The summed E-state index contributed by atoms with van der Waals surface area (Å²) in [6, 6.07) is 6.34. The molecule has 0 aromatic heterocycles. The fourth-order valence-corrected chi connectivity index (χ4v) is 3.09. The van der Waals surface area contributed by atoms with Gasteiger partial charge in [0.05, 0.1) is 6.61 Å². The van der Waals surface area contributed by atoms with Crippen molar-refractivity contribution in [2.45, 2.75) is 39.7 Å². The first-order valence-corrected chi connectivity index (χ1v) is 10.6. The number of nitrogens with one attached hydrogen (secondary N) is 1. The van der Waals surface area contributed by atoms with E-state index < -0.39 is 0 Å². The van der Waals surface area contributed by atoms with Crippen LogP contribution in [0.5, 0.6) is 5.75 Å². The van der Waals surface area contributed by atoms with Gasteiger partial charge in [0.2, 0.25) is 5.91 Å². The number of hydrogen-bond donors (Lipinski definition) is 1. The van der Waals surface area contributed by atoms with E-state index in [0.717, 1.165) is 70.4 Å². The molecule has 0 saturated heterocycles. The molecule has 1 aliphatic rings. The van der Waals surface area contributed by atoms with E-state index in [0.29, 0.717) is 0 Å². The van der Waals surface area contributed by atoms with Gasteiger partial charge < -0.3 is 24.6 Å². The molecule has 0 atom stereocenters. The molecule has 1 aliphatic heterocycles. The molecule has 1 N–H and O–H groups in total. The fourth-order valence-electron chi connectivity index (χ4n) is 3.09. The van der Waals surface area contributed by atoms with Gasteiger partial charge >= 0.3 is 0 Å². The van der Waals surface area contributed by atoms with Gasteiger partial charge in [0.1, 0.15) is 12.3 Å². The summed E-state index contributed by atoms with van der Waals surface area (Å²) < 4.78 is 11.2. The highest BCUT2D eigenvalue weighted by Crippen LogP contribution is 2.24. The molecule has 0 aliphatic carbocycles. The Morgan fingerprint density at radius 2 is 2.03 bits per heavy atom. The van der Waals surface area contributed by atoms with Crippen molar-refractivity contribution in [1.29, 1.82) is 0 Å². The summed E-state index contributed by atoms with van der Waals surface area (Å²) in [5.41, 5.74) is 2.61. The molecular formula is C22H37IN4O3. The van der Waals surface area contributed by atoms with Gasteiger partial charge in [-0.25, -0.2) is 4.99 Å². The normalized spacial score (nSPS) is 13.3. The van der Waals surface area contributed by atoms with Crippen LogP contribution in [0.2, 0.25) is 0 Å². The number of rotatable bonds is 10. The number of amides is 1. The van der Waals surface area contributed by atoms with Crippen molar-refractivity contribution in [2.75, 3.05) is 53.6 Å². The largest absolute Gasteiger partial charge is 0.494 e. The Morgan fingerprint density at radius 1 is 1.23 bits per heavy atom. The second-order valence-corrected chi connectivity index (χ2v) is 7.36. The molecule has 7 nitrogen and oxygen atoms in total. The maximum atomic E-state index is 12.0. The van der Waals surface area contributed by atoms with Gasteiger partial charge in [0, 0.05) is 46.9 Å². The van der Waals surface area contributed by atoms with E-state index in [2.05, 4.69) is 34.3 Å². The number of guanidine groups is 1. The number of ether oxygens (including phenoxy) is 2. The molecule has 1 amide bonds. The van der Waals surface area contributed by atoms with Crippen LogP contribution in [-0.2, 0) is 22.5 Å². The number of hydrogen-bond acceptors (Lipinski definition) is 4. The van der Waals surface area contributed by atoms with Gasteiger partial charge in [-0.1, -0.05) is 13.0 Å². The first-order chi connectivity index (χ1) is 14.0. The highest BCUT2D eigenvalue weighted by atomic mass is 127. The SMILES string of the molecule is CCCOc1ccc2c(c1)CCN(C(=NCC(=O)N(C)C)NCCCOCC)C2.I. The van der Waals surface area contributed by atoms with Gasteiger partial charge in [-0.05, 0) is 49.4 Å². The lowest BCUT2D eigenvalue weighted by atomic mass is 9.99. The number of likely N-dealkylation sites (N-methyl/N-ethyl adjacent to an activating group) is 1. The van der Waals surface area contributed by atoms with Gasteiger partial charge in [0.15, 0.2) is 5.96 Å². The van der Waals surface area contributed by atoms with Gasteiger partial charge in [-0.3, -0.25) is 4.79 Å². The van der Waals surface area contributed by atoms with Crippen molar-refractivity contribution in [3.63, 3.8) is 0 Å². The Hall–Kier alpha value is -1.55. The maximum Gasteiger partial charge on any atom is 0.243 e. The number of nitrogens with zero attached hydrogens (tertiary/aromatic N) is 3. The van der Waals surface area contributed by atoms with E-state index in [-0.39, 0.29) is 36.4 Å². The first-order valence-electron chi connectivity index (χ1n) is 10.6. The molecule has 0 bridgehead atoms. The zero-order valence-electron chi connectivity index (χ0n) is 18.8. The van der Waals surface area contributed by atoms with E-state index in [1.165, 1.54) is 11.1 Å². The van der Waals surface area contributed by atoms with Crippen molar-refractivity contribution in [2.24, 2.45) is 4.99 Å². The topological polar surface area (TPSA) is 66.4 Å². The van der Waals surface area contributed by atoms with Crippen molar-refractivity contribution in [3.8, 4) is 5.75 Å². The molecule has 1 aromatic carbocycles. The van der Waals surface area contributed by atoms with E-state index in [1.54, 1.807) is 19.0 Å². The number of fused-ring (bicyclic) bond motifs is 1. The number of halogens is 1. The number of aliphatic imine (C=N–C) groups is 1. The number of carbonyl (C=O) groups is 1. The summed E-state index contributed by atoms with van der Waals surface area (Å²) in [7, 11) is 3.50. The second-order valence-electron chi connectivity index (χ2n) is 7.36. The molecule has 8 heteroatoms. The molecule has 2 rings (SSSR count). The highest BCUT2D eigenvalue weighted by Gasteiger charge is 2.20. The lowest BCUT2D eigenvalue weighted by molar-refractivity contribution is -0.127. The number of benzene rings is 1. The Balaban J connectivity index is 0.00000450. The molecule has 1 heterocycles. The maximum absolute atomic E-state index is 12.0. The Labute approximate surface area is 198 Å². The van der Waals surface area contributed by atoms with Gasteiger partial charge in [-0.2, -0.15) is 0 Å². The summed E-state index contributed by atoms with van der Waals surface area (Å²) in [5.74, 6) is 1.72. The summed E-state index contributed by atoms with van der Waals surface area (Å²) >= 11 is 0. The van der Waals surface area contributed by atoms with E-state index >= 15 is 0 Å². The predicted octanol–water partition coefficient (Wildman–Crippen LogP) is 2.91. The zero-order chi connectivity index (χ0) is 21.1. The third-order valence-corrected chi connectivity index (χ3v) is 4.78. The van der Waals surface area contributed by atoms with Gasteiger partial charge in [0.25, 0.3) is 0 Å². The third-order valence-electron chi connectivity index (χ3n) is 4.78. The van der Waals surface area contributed by atoms with Crippen LogP contribution in [0.1, 0.15) is 37.8 Å². The predicted molar refractivity (Wildman–Crippen MR) is 132 cm³/mol. The van der Waals surface area contributed by atoms with Crippen LogP contribution < -0.4 is 10.1 Å². The van der Waals surface area contributed by atoms with Crippen LogP contribution in [0.3, 0.4) is 0 Å². The molecule has 1 aromatic rings. The van der Waals surface area contributed by atoms with Crippen LogP contribution in [0.4, 0.5) is 0 Å². The van der Waals surface area contributed by atoms with Crippen LogP contribution >= 0.6 is 24.0 Å². The minimum atomic E-state index is -0.00580. The zero-order valence-corrected chi connectivity index (χ0v) is 21.1. The van der Waals surface area contributed by atoms with Crippen molar-refractivity contribution >= 4 is 35.8 Å². The molecule has 0 unspecified atom stereocenters. The van der Waals surface area contributed by atoms with Crippen molar-refractivity contribution in [3.05, 3.63) is 29.3 Å². The third kappa shape index (κ3) is 8.67. The van der Waals surface area contributed by atoms with Crippen LogP contribution in [0.25, 0.3) is 0 Å². The molecule has 0 spiro atoms. The lowest BCUT2D eigenvalue weighted by Crippen LogP contribution is -2.45. The van der Waals surface area contributed by atoms with Crippen LogP contribution in [-0.4, -0.2) is 75.2 Å². The van der Waals surface area contributed by atoms with E-state index in [9.17, 15) is 4.79 Å². The minimum absolute atomic E-state index is 0. The van der Waals surface area contributed by atoms with Crippen LogP contribution in [0.15, 0.2) is 23.2 Å². The van der Waals surface area contributed by atoms with Crippen molar-refractivity contribution in [1.82, 2.24) is 15.1 Å². The average Bonchev–Trinajstić information content (AvgIpc) is 2.73. The minimum Gasteiger partial charge on any atom is -0.494 e. The van der Waals surface area contributed by atoms with Crippen LogP contribution in [0, 0.1) is 0 Å². The molecule has 0 saturated carbocycles. The van der Waals surface area contributed by atoms with E-state index in [1.807, 2.05) is 13.0 Å². The summed E-state index contributed by atoms with van der Waals surface area (Å²) in [5, 5.41) is 3.41. The Morgan fingerprint density at radius 3 is 2.73 bits per heavy atom. The smallest absolute Gasteiger partial charge is 0.243 e. The molecule has 30 heavy (non-hydrogen) atoms. The lowest BCUT2D eigenvalue weighted by Gasteiger charge is -2.32. The summed E-state index contributed by atoms with van der Waals surface area (Å²) in [4.78, 5) is 20.4. The Kier molecular flexibility index (Phi) is 12.8. The van der Waals surface area contributed by atoms with Crippen molar-refractivity contribution < 1.29 is 14.3 Å². The molecule has 0 fully saturated rings. The second kappa shape index (κ2) is 14.5. The first kappa shape index (κ1) is 26.5. The Bertz CT molecular complexity index is 682. The number of carbonyl (C=O) groups excluding carboxylic acids is 1. The fraction of sp³-hybridized carbons (Fsp3) is 0.636. The summed E-state index contributed by atoms with van der Waals surface area (Å²) in [6.45, 7) is 8.84. The molecule has 0 radical (unpaired) electrons. The quantitative estimate of drug-likeness (QED) is 0.217. The molecular weight excluding hydrogens is 495 g/mol.